The van der Waals surface area contributed by atoms with E-state index in [4.69, 9.17) is 9.47 Å². The Bertz CT molecular complexity index is 1020. The van der Waals surface area contributed by atoms with E-state index < -0.39 is 0 Å². The van der Waals surface area contributed by atoms with Gasteiger partial charge in [-0.15, -0.1) is 0 Å². The van der Waals surface area contributed by atoms with Crippen LogP contribution in [0.2, 0.25) is 0 Å². The highest BCUT2D eigenvalue weighted by atomic mass is 16.5. The first kappa shape index (κ1) is 21.5. The number of aliphatic imine (C=N–C) groups is 1. The molecule has 2 N–H and O–H groups in total. The van der Waals surface area contributed by atoms with E-state index in [-0.39, 0.29) is 0 Å². The van der Waals surface area contributed by atoms with Gasteiger partial charge in [0, 0.05) is 44.5 Å². The lowest BCUT2D eigenvalue weighted by molar-refractivity contribution is 0.372. The zero-order valence-corrected chi connectivity index (χ0v) is 18.7. The first-order valence-electron chi connectivity index (χ1n) is 10.6. The summed E-state index contributed by atoms with van der Waals surface area (Å²) in [6.45, 7) is 4.15. The quantitative estimate of drug-likeness (QED) is 0.454. The molecule has 0 aliphatic carbocycles. The third-order valence-electron chi connectivity index (χ3n) is 5.52. The van der Waals surface area contributed by atoms with Gasteiger partial charge in [0.05, 0.1) is 20.8 Å². The highest BCUT2D eigenvalue weighted by Crippen LogP contribution is 2.21. The zero-order valence-electron chi connectivity index (χ0n) is 18.7. The normalized spacial score (nSPS) is 14.4. The number of aromatic amines is 1. The molecule has 1 aromatic heterocycles. The molecule has 2 aromatic carbocycles. The number of rotatable bonds is 6. The molecular formula is C23H29N7O2. The van der Waals surface area contributed by atoms with Crippen LogP contribution >= 0.6 is 0 Å². The van der Waals surface area contributed by atoms with E-state index in [1.165, 1.54) is 5.69 Å². The number of ether oxygens (including phenoxy) is 2. The van der Waals surface area contributed by atoms with Gasteiger partial charge < -0.3 is 24.6 Å². The van der Waals surface area contributed by atoms with Gasteiger partial charge in [-0.1, -0.05) is 0 Å². The summed E-state index contributed by atoms with van der Waals surface area (Å²) in [6.07, 6.45) is 0. The van der Waals surface area contributed by atoms with E-state index in [0.29, 0.717) is 12.4 Å². The van der Waals surface area contributed by atoms with E-state index in [0.717, 1.165) is 55.0 Å². The molecule has 0 radical (unpaired) electrons. The van der Waals surface area contributed by atoms with Gasteiger partial charge in [-0.3, -0.25) is 10.1 Å². The number of hydrogen-bond acceptors (Lipinski definition) is 6. The van der Waals surface area contributed by atoms with Gasteiger partial charge in [0.1, 0.15) is 17.3 Å². The average molecular weight is 436 g/mol. The first-order chi connectivity index (χ1) is 15.7. The molecule has 32 heavy (non-hydrogen) atoms. The number of benzene rings is 2. The van der Waals surface area contributed by atoms with Crippen molar-refractivity contribution in [2.45, 2.75) is 6.54 Å². The molecule has 1 aliphatic heterocycles. The lowest BCUT2D eigenvalue weighted by Crippen LogP contribution is -2.52. The molecule has 0 spiro atoms. The van der Waals surface area contributed by atoms with Crippen LogP contribution in [0.25, 0.3) is 11.4 Å². The van der Waals surface area contributed by atoms with Crippen molar-refractivity contribution in [2.75, 3.05) is 52.3 Å². The Balaban J connectivity index is 1.30. The van der Waals surface area contributed by atoms with Gasteiger partial charge in [0.25, 0.3) is 0 Å². The van der Waals surface area contributed by atoms with E-state index in [1.807, 2.05) is 36.4 Å². The van der Waals surface area contributed by atoms with Crippen molar-refractivity contribution in [1.29, 1.82) is 0 Å². The summed E-state index contributed by atoms with van der Waals surface area (Å²) in [7, 11) is 5.14. The summed E-state index contributed by atoms with van der Waals surface area (Å²) < 4.78 is 10.5. The second-order valence-corrected chi connectivity index (χ2v) is 7.41. The minimum atomic E-state index is 0.522. The van der Waals surface area contributed by atoms with Crippen molar-refractivity contribution >= 4 is 11.6 Å². The third kappa shape index (κ3) is 4.93. The summed E-state index contributed by atoms with van der Waals surface area (Å²) in [6, 6.07) is 15.9. The lowest BCUT2D eigenvalue weighted by atomic mass is 10.2. The molecule has 0 unspecified atom stereocenters. The molecule has 1 aliphatic rings. The Kier molecular flexibility index (Phi) is 6.74. The summed E-state index contributed by atoms with van der Waals surface area (Å²) in [5.41, 5.74) is 2.15. The van der Waals surface area contributed by atoms with Crippen LogP contribution in [0, 0.1) is 0 Å². The number of aromatic nitrogens is 3. The molecule has 4 rings (SSSR count). The fraction of sp³-hybridized carbons (Fsp3) is 0.348. The monoisotopic (exact) mass is 435 g/mol. The van der Waals surface area contributed by atoms with Gasteiger partial charge in [0.2, 0.25) is 0 Å². The molecule has 0 bridgehead atoms. The van der Waals surface area contributed by atoms with Crippen LogP contribution in [0.1, 0.15) is 5.82 Å². The number of anilines is 1. The minimum absolute atomic E-state index is 0.522. The maximum absolute atomic E-state index is 5.25. The Hall–Kier alpha value is -3.75. The van der Waals surface area contributed by atoms with Gasteiger partial charge in [-0.25, -0.2) is 4.98 Å². The molecular weight excluding hydrogens is 406 g/mol. The van der Waals surface area contributed by atoms with E-state index in [1.54, 1.807) is 21.3 Å². The van der Waals surface area contributed by atoms with Gasteiger partial charge >= 0.3 is 0 Å². The summed E-state index contributed by atoms with van der Waals surface area (Å²) >= 11 is 0. The van der Waals surface area contributed by atoms with Crippen LogP contribution in [0.3, 0.4) is 0 Å². The van der Waals surface area contributed by atoms with E-state index in [9.17, 15) is 0 Å². The predicted octanol–water partition coefficient (Wildman–Crippen LogP) is 2.39. The van der Waals surface area contributed by atoms with Crippen LogP contribution in [-0.2, 0) is 6.54 Å². The van der Waals surface area contributed by atoms with E-state index >= 15 is 0 Å². The molecule has 2 heterocycles. The topological polar surface area (TPSA) is 90.9 Å². The predicted molar refractivity (Wildman–Crippen MR) is 125 cm³/mol. The average Bonchev–Trinajstić information content (AvgIpc) is 3.34. The van der Waals surface area contributed by atoms with Crippen molar-refractivity contribution < 1.29 is 9.47 Å². The highest BCUT2D eigenvalue weighted by Gasteiger charge is 2.20. The first-order valence-corrected chi connectivity index (χ1v) is 10.6. The Morgan fingerprint density at radius 3 is 2.19 bits per heavy atom. The van der Waals surface area contributed by atoms with Crippen molar-refractivity contribution in [3.63, 3.8) is 0 Å². The van der Waals surface area contributed by atoms with Crippen molar-refractivity contribution in [2.24, 2.45) is 4.99 Å². The fourth-order valence-corrected chi connectivity index (χ4v) is 3.71. The lowest BCUT2D eigenvalue weighted by Gasteiger charge is -2.37. The van der Waals surface area contributed by atoms with Crippen LogP contribution in [0.15, 0.2) is 53.5 Å². The van der Waals surface area contributed by atoms with Crippen LogP contribution in [0.4, 0.5) is 5.69 Å². The largest absolute Gasteiger partial charge is 0.497 e. The Morgan fingerprint density at radius 2 is 1.59 bits per heavy atom. The second kappa shape index (κ2) is 10.0. The number of H-pyrrole nitrogens is 1. The standard InChI is InChI=1S/C23H29N7O2/c1-24-23(30-14-12-29(13-15-30)18-6-10-20(32-3)11-7-18)25-16-21-26-22(28-27-21)17-4-8-19(31-2)9-5-17/h4-11H,12-16H2,1-3H3,(H,24,25)(H,26,27,28). The molecule has 3 aromatic rings. The number of guanidine groups is 1. The molecule has 168 valence electrons. The molecule has 0 saturated carbocycles. The molecule has 1 fully saturated rings. The summed E-state index contributed by atoms with van der Waals surface area (Å²) in [4.78, 5) is 13.7. The smallest absolute Gasteiger partial charge is 0.194 e. The Labute approximate surface area is 188 Å². The second-order valence-electron chi connectivity index (χ2n) is 7.41. The molecule has 9 nitrogen and oxygen atoms in total. The van der Waals surface area contributed by atoms with E-state index in [2.05, 4.69) is 47.4 Å². The summed E-state index contributed by atoms with van der Waals surface area (Å²) in [5, 5.41) is 10.7. The Morgan fingerprint density at radius 1 is 0.969 bits per heavy atom. The van der Waals surface area contributed by atoms with Crippen LogP contribution < -0.4 is 19.7 Å². The number of piperazine rings is 1. The van der Waals surface area contributed by atoms with Crippen LogP contribution in [-0.4, -0.2) is 73.5 Å². The van der Waals surface area contributed by atoms with Crippen molar-refractivity contribution in [3.05, 3.63) is 54.4 Å². The number of hydrogen-bond donors (Lipinski definition) is 2. The number of nitrogens with zero attached hydrogens (tertiary/aromatic N) is 5. The highest BCUT2D eigenvalue weighted by molar-refractivity contribution is 5.80. The molecule has 0 atom stereocenters. The van der Waals surface area contributed by atoms with Gasteiger partial charge in [-0.05, 0) is 48.5 Å². The molecule has 1 saturated heterocycles. The van der Waals surface area contributed by atoms with Crippen LogP contribution in [0.5, 0.6) is 11.5 Å². The third-order valence-corrected chi connectivity index (χ3v) is 5.52. The SMILES string of the molecule is CN=C(NCc1nc(-c2ccc(OC)cc2)n[nH]1)N1CCN(c2ccc(OC)cc2)CC1. The zero-order chi connectivity index (χ0) is 22.3. The maximum atomic E-state index is 5.25. The molecule has 0 amide bonds. The number of methoxy groups -OCH3 is 2. The van der Waals surface area contributed by atoms with Gasteiger partial charge in [0.15, 0.2) is 11.8 Å². The fourth-order valence-electron chi connectivity index (χ4n) is 3.71. The summed E-state index contributed by atoms with van der Waals surface area (Å²) in [5.74, 6) is 3.96. The number of nitrogens with one attached hydrogen (secondary N) is 2. The minimum Gasteiger partial charge on any atom is -0.497 e. The van der Waals surface area contributed by atoms with Crippen molar-refractivity contribution in [1.82, 2.24) is 25.4 Å². The van der Waals surface area contributed by atoms with Gasteiger partial charge in [-0.2, -0.15) is 5.10 Å². The molecule has 9 heteroatoms. The van der Waals surface area contributed by atoms with Crippen molar-refractivity contribution in [3.8, 4) is 22.9 Å². The maximum Gasteiger partial charge on any atom is 0.194 e.